The topological polar surface area (TPSA) is 121 Å². The first kappa shape index (κ1) is 23.3. The number of anilines is 1. The highest BCUT2D eigenvalue weighted by molar-refractivity contribution is 5.78. The van der Waals surface area contributed by atoms with Gasteiger partial charge in [0.05, 0.1) is 24.5 Å². The number of nitrogens with zero attached hydrogens (tertiary/aromatic N) is 10. The Bertz CT molecular complexity index is 1640. The molecule has 11 nitrogen and oxygen atoms in total. The molecule has 11 heteroatoms. The van der Waals surface area contributed by atoms with Crippen LogP contribution in [0.25, 0.3) is 28.0 Å². The second-order valence-electron chi connectivity index (χ2n) is 9.12. The van der Waals surface area contributed by atoms with Crippen molar-refractivity contribution in [3.63, 3.8) is 0 Å². The zero-order valence-electron chi connectivity index (χ0n) is 20.8. The van der Waals surface area contributed by atoms with Gasteiger partial charge in [-0.2, -0.15) is 10.4 Å². The SMILES string of the molecule is Cn1cc(-c2cc(-c3cnc(N4CCN(C(=O)Cc5ccccn5)CC4)nc3)n3c(C#N)cnc3c2)cn1. The molecular formula is C27H24N10O. The van der Waals surface area contributed by atoms with E-state index >= 15 is 0 Å². The number of hydrogen-bond acceptors (Lipinski definition) is 8. The van der Waals surface area contributed by atoms with Crippen LogP contribution in [0.1, 0.15) is 11.4 Å². The summed E-state index contributed by atoms with van der Waals surface area (Å²) in [7, 11) is 1.87. The van der Waals surface area contributed by atoms with Gasteiger partial charge in [0.15, 0.2) is 0 Å². The maximum Gasteiger partial charge on any atom is 0.228 e. The molecule has 0 aromatic carbocycles. The molecule has 5 aromatic rings. The van der Waals surface area contributed by atoms with E-state index in [4.69, 9.17) is 0 Å². The fraction of sp³-hybridized carbons (Fsp3) is 0.222. The summed E-state index contributed by atoms with van der Waals surface area (Å²) in [6, 6.07) is 11.7. The Morgan fingerprint density at radius 1 is 0.947 bits per heavy atom. The van der Waals surface area contributed by atoms with Crippen LogP contribution in [0.15, 0.2) is 67.5 Å². The molecule has 1 aliphatic rings. The van der Waals surface area contributed by atoms with Crippen molar-refractivity contribution < 1.29 is 4.79 Å². The lowest BCUT2D eigenvalue weighted by Gasteiger charge is -2.34. The molecule has 0 bridgehead atoms. The van der Waals surface area contributed by atoms with Crippen LogP contribution in [-0.2, 0) is 18.3 Å². The van der Waals surface area contributed by atoms with E-state index in [9.17, 15) is 10.1 Å². The Labute approximate surface area is 218 Å². The molecule has 6 heterocycles. The first-order valence-corrected chi connectivity index (χ1v) is 12.2. The summed E-state index contributed by atoms with van der Waals surface area (Å²) in [6.07, 6.45) is 10.8. The van der Waals surface area contributed by atoms with E-state index in [1.54, 1.807) is 35.7 Å². The number of pyridine rings is 2. The van der Waals surface area contributed by atoms with Gasteiger partial charge in [-0.05, 0) is 29.8 Å². The molecular weight excluding hydrogens is 480 g/mol. The van der Waals surface area contributed by atoms with Crippen LogP contribution in [0, 0.1) is 11.3 Å². The number of piperazine rings is 1. The Balaban J connectivity index is 1.22. The second kappa shape index (κ2) is 9.74. The number of aryl methyl sites for hydroxylation is 1. The molecule has 0 N–H and O–H groups in total. The van der Waals surface area contributed by atoms with Gasteiger partial charge in [0.1, 0.15) is 17.4 Å². The van der Waals surface area contributed by atoms with Gasteiger partial charge in [0.2, 0.25) is 11.9 Å². The molecule has 5 aromatic heterocycles. The van der Waals surface area contributed by atoms with Crippen LogP contribution in [-0.4, -0.2) is 71.1 Å². The molecule has 0 unspecified atom stereocenters. The maximum absolute atomic E-state index is 12.7. The number of aromatic nitrogens is 7. The van der Waals surface area contributed by atoms with E-state index in [-0.39, 0.29) is 5.91 Å². The fourth-order valence-corrected chi connectivity index (χ4v) is 4.68. The van der Waals surface area contributed by atoms with E-state index in [2.05, 4.69) is 36.0 Å². The Morgan fingerprint density at radius 2 is 1.76 bits per heavy atom. The minimum absolute atomic E-state index is 0.0748. The lowest BCUT2D eigenvalue weighted by molar-refractivity contribution is -0.130. The van der Waals surface area contributed by atoms with Crippen molar-refractivity contribution in [3.8, 4) is 28.5 Å². The van der Waals surface area contributed by atoms with Gasteiger partial charge in [-0.1, -0.05) is 6.07 Å². The summed E-state index contributed by atoms with van der Waals surface area (Å²) < 4.78 is 3.56. The number of nitriles is 1. The smallest absolute Gasteiger partial charge is 0.228 e. The Kier molecular flexibility index (Phi) is 5.97. The zero-order valence-corrected chi connectivity index (χ0v) is 20.8. The summed E-state index contributed by atoms with van der Waals surface area (Å²) in [5.41, 5.74) is 5.29. The highest BCUT2D eigenvalue weighted by Gasteiger charge is 2.23. The third-order valence-corrected chi connectivity index (χ3v) is 6.67. The highest BCUT2D eigenvalue weighted by atomic mass is 16.2. The molecule has 0 atom stereocenters. The fourth-order valence-electron chi connectivity index (χ4n) is 4.68. The largest absolute Gasteiger partial charge is 0.339 e. The number of imidazole rings is 1. The number of rotatable bonds is 5. The van der Waals surface area contributed by atoms with Crippen LogP contribution in [0.4, 0.5) is 5.95 Å². The van der Waals surface area contributed by atoms with E-state index in [0.29, 0.717) is 49.9 Å². The number of carbonyl (C=O) groups is 1. The molecule has 6 rings (SSSR count). The van der Waals surface area contributed by atoms with E-state index in [1.807, 2.05) is 52.9 Å². The monoisotopic (exact) mass is 504 g/mol. The van der Waals surface area contributed by atoms with Crippen LogP contribution in [0.3, 0.4) is 0 Å². The molecule has 1 aliphatic heterocycles. The van der Waals surface area contributed by atoms with Crippen LogP contribution in [0.5, 0.6) is 0 Å². The van der Waals surface area contributed by atoms with Gasteiger partial charge in [-0.3, -0.25) is 18.9 Å². The molecule has 0 spiro atoms. The number of fused-ring (bicyclic) bond motifs is 1. The maximum atomic E-state index is 12.7. The summed E-state index contributed by atoms with van der Waals surface area (Å²) >= 11 is 0. The molecule has 1 fully saturated rings. The standard InChI is InChI=1S/C27H24N10O/c1-34-18-21(16-33-34)19-10-24(37-23(13-28)17-30-25(37)11-19)20-14-31-27(32-15-20)36-8-6-35(7-9-36)26(38)12-22-4-2-3-5-29-22/h2-5,10-11,14-18H,6-9,12H2,1H3. The van der Waals surface area contributed by atoms with Crippen LogP contribution in [0.2, 0.25) is 0 Å². The number of amides is 1. The van der Waals surface area contributed by atoms with Crippen molar-refractivity contribution in [2.75, 3.05) is 31.1 Å². The molecule has 0 saturated carbocycles. The van der Waals surface area contributed by atoms with Gasteiger partial charge in [0, 0.05) is 74.8 Å². The summed E-state index contributed by atoms with van der Waals surface area (Å²) in [5.74, 6) is 0.683. The summed E-state index contributed by atoms with van der Waals surface area (Å²) in [4.78, 5) is 34.6. The van der Waals surface area contributed by atoms with Crippen molar-refractivity contribution in [1.29, 1.82) is 5.26 Å². The first-order valence-electron chi connectivity index (χ1n) is 12.2. The summed E-state index contributed by atoms with van der Waals surface area (Å²) in [5, 5.41) is 13.9. The average Bonchev–Trinajstić information content (AvgIpc) is 3.59. The lowest BCUT2D eigenvalue weighted by Crippen LogP contribution is -2.49. The van der Waals surface area contributed by atoms with E-state index in [1.165, 1.54) is 0 Å². The number of hydrogen-bond donors (Lipinski definition) is 0. The predicted molar refractivity (Wildman–Crippen MR) is 140 cm³/mol. The van der Waals surface area contributed by atoms with Gasteiger partial charge >= 0.3 is 0 Å². The Hall–Kier alpha value is -5.11. The zero-order chi connectivity index (χ0) is 26.1. The predicted octanol–water partition coefficient (Wildman–Crippen LogP) is 2.35. The van der Waals surface area contributed by atoms with Crippen molar-refractivity contribution in [2.45, 2.75) is 6.42 Å². The lowest BCUT2D eigenvalue weighted by atomic mass is 10.1. The molecule has 188 valence electrons. The van der Waals surface area contributed by atoms with Gasteiger partial charge in [-0.15, -0.1) is 0 Å². The van der Waals surface area contributed by atoms with Gasteiger partial charge < -0.3 is 9.80 Å². The quantitative estimate of drug-likeness (QED) is 0.358. The number of carbonyl (C=O) groups excluding carboxylic acids is 1. The molecule has 38 heavy (non-hydrogen) atoms. The van der Waals surface area contributed by atoms with Crippen LogP contribution >= 0.6 is 0 Å². The van der Waals surface area contributed by atoms with Gasteiger partial charge in [-0.25, -0.2) is 15.0 Å². The molecule has 1 saturated heterocycles. The minimum atomic E-state index is 0.0748. The second-order valence-corrected chi connectivity index (χ2v) is 9.12. The van der Waals surface area contributed by atoms with E-state index in [0.717, 1.165) is 28.1 Å². The first-order chi connectivity index (χ1) is 18.6. The van der Waals surface area contributed by atoms with Crippen molar-refractivity contribution >= 4 is 17.5 Å². The van der Waals surface area contributed by atoms with E-state index < -0.39 is 0 Å². The van der Waals surface area contributed by atoms with Crippen molar-refractivity contribution in [2.24, 2.45) is 7.05 Å². The van der Waals surface area contributed by atoms with Crippen molar-refractivity contribution in [1.82, 2.24) is 39.0 Å². The third kappa shape index (κ3) is 4.43. The average molecular weight is 505 g/mol. The van der Waals surface area contributed by atoms with Crippen LogP contribution < -0.4 is 4.90 Å². The molecule has 0 aliphatic carbocycles. The van der Waals surface area contributed by atoms with Gasteiger partial charge in [0.25, 0.3) is 0 Å². The third-order valence-electron chi connectivity index (χ3n) is 6.67. The minimum Gasteiger partial charge on any atom is -0.339 e. The highest BCUT2D eigenvalue weighted by Crippen LogP contribution is 2.29. The molecule has 0 radical (unpaired) electrons. The normalized spacial score (nSPS) is 13.6. The summed E-state index contributed by atoms with van der Waals surface area (Å²) in [6.45, 7) is 2.50. The van der Waals surface area contributed by atoms with Crippen molar-refractivity contribution in [3.05, 3.63) is 78.9 Å². The molecule has 1 amide bonds. The Morgan fingerprint density at radius 3 is 2.45 bits per heavy atom.